The van der Waals surface area contributed by atoms with Gasteiger partial charge in [-0.15, -0.1) is 0 Å². The van der Waals surface area contributed by atoms with E-state index in [1.165, 1.54) is 0 Å². The van der Waals surface area contributed by atoms with Gasteiger partial charge in [-0.25, -0.2) is 9.50 Å². The van der Waals surface area contributed by atoms with Gasteiger partial charge in [-0.3, -0.25) is 4.79 Å². The molecule has 0 bridgehead atoms. The van der Waals surface area contributed by atoms with Crippen molar-refractivity contribution in [3.8, 4) is 0 Å². The maximum atomic E-state index is 12.4. The zero-order valence-corrected chi connectivity index (χ0v) is 9.87. The Morgan fingerprint density at radius 2 is 1.89 bits per heavy atom. The summed E-state index contributed by atoms with van der Waals surface area (Å²) in [7, 11) is 0. The molecule has 0 atom stereocenters. The largest absolute Gasteiger partial charge is 0.287 e. The number of carbonyl (C=O) groups excluding carboxylic acids is 1. The number of ketones is 1. The molecular formula is C14H11N3O. The van der Waals surface area contributed by atoms with E-state index in [0.29, 0.717) is 17.1 Å². The van der Waals surface area contributed by atoms with Gasteiger partial charge in [-0.05, 0) is 19.1 Å². The molecule has 4 heteroatoms. The van der Waals surface area contributed by atoms with Crippen LogP contribution >= 0.6 is 0 Å². The number of hydrogen-bond acceptors (Lipinski definition) is 3. The summed E-state index contributed by atoms with van der Waals surface area (Å²) in [5.74, 6) is 0.606. The van der Waals surface area contributed by atoms with Crippen molar-refractivity contribution in [1.82, 2.24) is 14.6 Å². The molecule has 4 nitrogen and oxygen atoms in total. The number of hydrogen-bond donors (Lipinski definition) is 0. The number of carbonyl (C=O) groups is 1. The fourth-order valence-corrected chi connectivity index (χ4v) is 1.89. The normalized spacial score (nSPS) is 10.7. The Hall–Kier alpha value is -2.49. The van der Waals surface area contributed by atoms with Gasteiger partial charge in [0, 0.05) is 5.56 Å². The SMILES string of the molecule is Cc1ncc2ccc(C(=O)c3ccccc3)n2n1. The third-order valence-corrected chi connectivity index (χ3v) is 2.78. The van der Waals surface area contributed by atoms with E-state index in [9.17, 15) is 4.79 Å². The lowest BCUT2D eigenvalue weighted by Gasteiger charge is -2.02. The van der Waals surface area contributed by atoms with E-state index >= 15 is 0 Å². The van der Waals surface area contributed by atoms with Gasteiger partial charge in [0.2, 0.25) is 5.78 Å². The number of rotatable bonds is 2. The van der Waals surface area contributed by atoms with Crippen LogP contribution in [0.1, 0.15) is 21.9 Å². The molecule has 18 heavy (non-hydrogen) atoms. The van der Waals surface area contributed by atoms with Gasteiger partial charge in [0.25, 0.3) is 0 Å². The molecule has 3 aromatic rings. The second-order valence-electron chi connectivity index (χ2n) is 4.06. The molecule has 0 N–H and O–H groups in total. The summed E-state index contributed by atoms with van der Waals surface area (Å²) < 4.78 is 1.64. The van der Waals surface area contributed by atoms with E-state index in [2.05, 4.69) is 10.1 Å². The molecule has 0 spiro atoms. The molecular weight excluding hydrogens is 226 g/mol. The van der Waals surface area contributed by atoms with Crippen LogP contribution in [0.4, 0.5) is 0 Å². The number of benzene rings is 1. The zero-order valence-electron chi connectivity index (χ0n) is 9.87. The lowest BCUT2D eigenvalue weighted by molar-refractivity contribution is 0.103. The van der Waals surface area contributed by atoms with Gasteiger partial charge in [0.05, 0.1) is 11.7 Å². The van der Waals surface area contributed by atoms with Crippen LogP contribution in [0.25, 0.3) is 5.52 Å². The minimum Gasteiger partial charge on any atom is -0.287 e. The molecule has 0 aliphatic rings. The predicted octanol–water partition coefficient (Wildman–Crippen LogP) is 2.27. The average Bonchev–Trinajstić information content (AvgIpc) is 2.82. The molecule has 0 saturated heterocycles. The third kappa shape index (κ3) is 1.68. The van der Waals surface area contributed by atoms with Crippen molar-refractivity contribution in [3.05, 3.63) is 65.7 Å². The van der Waals surface area contributed by atoms with Crippen LogP contribution in [0.5, 0.6) is 0 Å². The zero-order chi connectivity index (χ0) is 12.5. The van der Waals surface area contributed by atoms with E-state index in [1.54, 1.807) is 35.8 Å². The Bertz CT molecular complexity index is 716. The first-order valence-corrected chi connectivity index (χ1v) is 5.67. The minimum atomic E-state index is -0.0336. The number of fused-ring (bicyclic) bond motifs is 1. The second-order valence-corrected chi connectivity index (χ2v) is 4.06. The van der Waals surface area contributed by atoms with Crippen molar-refractivity contribution in [2.24, 2.45) is 0 Å². The van der Waals surface area contributed by atoms with Gasteiger partial charge in [-0.1, -0.05) is 30.3 Å². The highest BCUT2D eigenvalue weighted by Crippen LogP contribution is 2.13. The fraction of sp³-hybridized carbons (Fsp3) is 0.0714. The first-order valence-electron chi connectivity index (χ1n) is 5.67. The molecule has 0 radical (unpaired) electrons. The second kappa shape index (κ2) is 4.07. The first kappa shape index (κ1) is 10.7. The monoisotopic (exact) mass is 237 g/mol. The van der Waals surface area contributed by atoms with Crippen molar-refractivity contribution in [3.63, 3.8) is 0 Å². The summed E-state index contributed by atoms with van der Waals surface area (Å²) in [4.78, 5) is 16.5. The molecule has 0 unspecified atom stereocenters. The average molecular weight is 237 g/mol. The minimum absolute atomic E-state index is 0.0336. The predicted molar refractivity (Wildman–Crippen MR) is 67.6 cm³/mol. The fourth-order valence-electron chi connectivity index (χ4n) is 1.89. The van der Waals surface area contributed by atoms with Crippen molar-refractivity contribution in [2.75, 3.05) is 0 Å². The van der Waals surface area contributed by atoms with E-state index in [-0.39, 0.29) is 5.78 Å². The Morgan fingerprint density at radius 1 is 1.11 bits per heavy atom. The molecule has 0 amide bonds. The topological polar surface area (TPSA) is 47.3 Å². The number of nitrogens with zero attached hydrogens (tertiary/aromatic N) is 3. The van der Waals surface area contributed by atoms with Crippen LogP contribution in [0.15, 0.2) is 48.7 Å². The molecule has 0 saturated carbocycles. The van der Waals surface area contributed by atoms with Crippen molar-refractivity contribution in [2.45, 2.75) is 6.92 Å². The molecule has 0 fully saturated rings. The quantitative estimate of drug-likeness (QED) is 0.642. The van der Waals surface area contributed by atoms with Crippen LogP contribution in [-0.4, -0.2) is 20.4 Å². The maximum absolute atomic E-state index is 12.4. The van der Waals surface area contributed by atoms with Crippen molar-refractivity contribution in [1.29, 1.82) is 0 Å². The summed E-state index contributed by atoms with van der Waals surface area (Å²) in [5, 5.41) is 4.27. The Morgan fingerprint density at radius 3 is 2.67 bits per heavy atom. The molecule has 1 aromatic carbocycles. The lowest BCUT2D eigenvalue weighted by atomic mass is 10.1. The molecule has 3 rings (SSSR count). The highest BCUT2D eigenvalue weighted by atomic mass is 16.1. The highest BCUT2D eigenvalue weighted by molar-refractivity contribution is 6.08. The van der Waals surface area contributed by atoms with Crippen LogP contribution in [0.3, 0.4) is 0 Å². The number of aryl methyl sites for hydroxylation is 1. The molecule has 0 aliphatic carbocycles. The summed E-state index contributed by atoms with van der Waals surface area (Å²) in [6.07, 6.45) is 1.71. The van der Waals surface area contributed by atoms with Crippen molar-refractivity contribution < 1.29 is 4.79 Å². The lowest BCUT2D eigenvalue weighted by Crippen LogP contribution is -2.08. The standard InChI is InChI=1S/C14H11N3O/c1-10-15-9-12-7-8-13(17(12)16-10)14(18)11-5-3-2-4-6-11/h2-9H,1H3. The van der Waals surface area contributed by atoms with E-state index in [4.69, 9.17) is 0 Å². The molecule has 2 heterocycles. The van der Waals surface area contributed by atoms with E-state index in [1.807, 2.05) is 24.3 Å². The van der Waals surface area contributed by atoms with Gasteiger partial charge in [0.1, 0.15) is 11.5 Å². The van der Waals surface area contributed by atoms with Crippen LogP contribution < -0.4 is 0 Å². The summed E-state index contributed by atoms with van der Waals surface area (Å²) >= 11 is 0. The van der Waals surface area contributed by atoms with E-state index < -0.39 is 0 Å². The highest BCUT2D eigenvalue weighted by Gasteiger charge is 2.13. The van der Waals surface area contributed by atoms with Crippen LogP contribution in [0.2, 0.25) is 0 Å². The molecule has 2 aromatic heterocycles. The van der Waals surface area contributed by atoms with Crippen LogP contribution in [-0.2, 0) is 0 Å². The van der Waals surface area contributed by atoms with Crippen LogP contribution in [0, 0.1) is 6.92 Å². The van der Waals surface area contributed by atoms with Gasteiger partial charge in [-0.2, -0.15) is 5.10 Å². The molecule has 0 aliphatic heterocycles. The van der Waals surface area contributed by atoms with Gasteiger partial charge < -0.3 is 0 Å². The Balaban J connectivity index is 2.15. The Labute approximate surface area is 104 Å². The third-order valence-electron chi connectivity index (χ3n) is 2.78. The molecule has 88 valence electrons. The van der Waals surface area contributed by atoms with Crippen molar-refractivity contribution >= 4 is 11.3 Å². The van der Waals surface area contributed by atoms with Gasteiger partial charge in [0.15, 0.2) is 0 Å². The Kier molecular flexibility index (Phi) is 2.41. The summed E-state index contributed by atoms with van der Waals surface area (Å²) in [5.41, 5.74) is 2.04. The van der Waals surface area contributed by atoms with E-state index in [0.717, 1.165) is 5.52 Å². The summed E-state index contributed by atoms with van der Waals surface area (Å²) in [6.45, 7) is 1.80. The van der Waals surface area contributed by atoms with Gasteiger partial charge >= 0.3 is 0 Å². The maximum Gasteiger partial charge on any atom is 0.211 e. The smallest absolute Gasteiger partial charge is 0.211 e. The summed E-state index contributed by atoms with van der Waals surface area (Å²) in [6, 6.07) is 12.8. The number of aromatic nitrogens is 3. The first-order chi connectivity index (χ1) is 8.75.